The number of carbonyl (C=O) groups excluding carboxylic acids is 2. The minimum atomic E-state index is -0.217. The maximum absolute atomic E-state index is 13.0. The first-order valence-electron chi connectivity index (χ1n) is 11.3. The molecule has 3 heterocycles. The maximum atomic E-state index is 13.0. The summed E-state index contributed by atoms with van der Waals surface area (Å²) in [4.78, 5) is 33.7. The second-order valence-corrected chi connectivity index (χ2v) is 8.04. The van der Waals surface area contributed by atoms with Gasteiger partial charge >= 0.3 is 6.03 Å². The number of amides is 3. The molecule has 3 amide bonds. The Morgan fingerprint density at radius 3 is 2.69 bits per heavy atom. The van der Waals surface area contributed by atoms with Gasteiger partial charge in [0.1, 0.15) is 17.4 Å². The number of hydrogen-bond donors (Lipinski definition) is 1. The molecular weight excluding hydrogens is 408 g/mol. The fourth-order valence-electron chi connectivity index (χ4n) is 4.13. The average Bonchev–Trinajstić information content (AvgIpc) is 3.30. The number of rotatable bonds is 6. The number of benzene rings is 1. The molecule has 0 radical (unpaired) electrons. The van der Waals surface area contributed by atoms with Crippen molar-refractivity contribution in [1.82, 2.24) is 14.8 Å². The summed E-state index contributed by atoms with van der Waals surface area (Å²) in [6.45, 7) is 4.96. The Balaban J connectivity index is 1.37. The number of piperidine rings is 1. The molecule has 0 aliphatic carbocycles. The first-order chi connectivity index (χ1) is 15.7. The lowest BCUT2D eigenvalue weighted by atomic mass is 10.1. The molecule has 2 aliphatic rings. The maximum Gasteiger partial charge on any atom is 0.322 e. The molecule has 1 unspecified atom stereocenters. The average molecular weight is 439 g/mol. The molecule has 8 nitrogen and oxygen atoms in total. The molecule has 0 saturated carbocycles. The molecule has 2 fully saturated rings. The predicted octanol–water partition coefficient (Wildman–Crippen LogP) is 3.79. The third-order valence-electron chi connectivity index (χ3n) is 5.78. The second kappa shape index (κ2) is 10.3. The molecular formula is C24H30N4O4. The number of ether oxygens (including phenoxy) is 2. The van der Waals surface area contributed by atoms with Gasteiger partial charge in [-0.2, -0.15) is 0 Å². The van der Waals surface area contributed by atoms with E-state index in [-0.39, 0.29) is 18.0 Å². The van der Waals surface area contributed by atoms with Gasteiger partial charge in [0.2, 0.25) is 5.88 Å². The summed E-state index contributed by atoms with van der Waals surface area (Å²) in [5, 5.41) is 2.92. The van der Waals surface area contributed by atoms with Crippen LogP contribution < -0.4 is 14.8 Å². The van der Waals surface area contributed by atoms with Gasteiger partial charge in [-0.3, -0.25) is 4.79 Å². The van der Waals surface area contributed by atoms with Gasteiger partial charge in [-0.1, -0.05) is 12.1 Å². The second-order valence-electron chi connectivity index (χ2n) is 8.04. The van der Waals surface area contributed by atoms with Gasteiger partial charge in [-0.05, 0) is 50.5 Å². The van der Waals surface area contributed by atoms with Crippen LogP contribution in [0.1, 0.15) is 43.0 Å². The van der Waals surface area contributed by atoms with E-state index >= 15 is 0 Å². The number of hydrogen-bond acceptors (Lipinski definition) is 5. The molecule has 8 heteroatoms. The lowest BCUT2D eigenvalue weighted by Gasteiger charge is -2.27. The van der Waals surface area contributed by atoms with E-state index in [0.29, 0.717) is 49.0 Å². The number of pyridine rings is 1. The molecule has 0 spiro atoms. The summed E-state index contributed by atoms with van der Waals surface area (Å²) in [5.74, 6) is 0.953. The topological polar surface area (TPSA) is 84.0 Å². The van der Waals surface area contributed by atoms with Crippen molar-refractivity contribution < 1.29 is 19.1 Å². The summed E-state index contributed by atoms with van der Waals surface area (Å²) in [6.07, 6.45) is 5.31. The molecule has 32 heavy (non-hydrogen) atoms. The standard InChI is InChI=1S/C24H30N4O4/c1-2-31-21-11-5-4-10-20(21)26-24(30)28-16-12-18(17-28)32-22-19(9-8-13-25-22)23(29)27-14-6-3-7-15-27/h4-5,8-11,13,18H,2-3,6-7,12,14-17H2,1H3,(H,26,30). The van der Waals surface area contributed by atoms with Crippen molar-refractivity contribution >= 4 is 17.6 Å². The largest absolute Gasteiger partial charge is 0.492 e. The summed E-state index contributed by atoms with van der Waals surface area (Å²) < 4.78 is 11.7. The monoisotopic (exact) mass is 438 g/mol. The number of carbonyl (C=O) groups is 2. The minimum Gasteiger partial charge on any atom is -0.492 e. The van der Waals surface area contributed by atoms with Crippen LogP contribution in [0.5, 0.6) is 11.6 Å². The first-order valence-corrected chi connectivity index (χ1v) is 11.3. The molecule has 1 aromatic heterocycles. The lowest BCUT2D eigenvalue weighted by molar-refractivity contribution is 0.0715. The molecule has 0 bridgehead atoms. The van der Waals surface area contributed by atoms with Crippen molar-refractivity contribution in [2.24, 2.45) is 0 Å². The van der Waals surface area contributed by atoms with Crippen molar-refractivity contribution in [2.45, 2.75) is 38.7 Å². The highest BCUT2D eigenvalue weighted by Crippen LogP contribution is 2.26. The number of nitrogens with one attached hydrogen (secondary N) is 1. The van der Waals surface area contributed by atoms with E-state index in [4.69, 9.17) is 9.47 Å². The van der Waals surface area contributed by atoms with Crippen LogP contribution in [-0.4, -0.2) is 65.6 Å². The zero-order chi connectivity index (χ0) is 22.3. The van der Waals surface area contributed by atoms with E-state index in [1.165, 1.54) is 0 Å². The van der Waals surface area contributed by atoms with E-state index in [1.54, 1.807) is 23.2 Å². The predicted molar refractivity (Wildman–Crippen MR) is 121 cm³/mol. The Morgan fingerprint density at radius 2 is 1.88 bits per heavy atom. The van der Waals surface area contributed by atoms with Gasteiger partial charge in [0.25, 0.3) is 5.91 Å². The van der Waals surface area contributed by atoms with Crippen molar-refractivity contribution in [3.63, 3.8) is 0 Å². The summed E-state index contributed by atoms with van der Waals surface area (Å²) in [7, 11) is 0. The van der Waals surface area contributed by atoms with Gasteiger partial charge in [0.05, 0.1) is 18.8 Å². The van der Waals surface area contributed by atoms with Crippen LogP contribution >= 0.6 is 0 Å². The van der Waals surface area contributed by atoms with E-state index in [2.05, 4.69) is 10.3 Å². The summed E-state index contributed by atoms with van der Waals surface area (Å²) >= 11 is 0. The van der Waals surface area contributed by atoms with Crippen molar-refractivity contribution in [1.29, 1.82) is 0 Å². The molecule has 1 atom stereocenters. The van der Waals surface area contributed by atoms with Crippen LogP contribution in [0, 0.1) is 0 Å². The number of likely N-dealkylation sites (tertiary alicyclic amines) is 2. The van der Waals surface area contributed by atoms with Crippen LogP contribution in [0.25, 0.3) is 0 Å². The molecule has 1 aromatic carbocycles. The number of anilines is 1. The van der Waals surface area contributed by atoms with Gasteiger partial charge in [-0.25, -0.2) is 9.78 Å². The fraction of sp³-hybridized carbons (Fsp3) is 0.458. The molecule has 1 N–H and O–H groups in total. The van der Waals surface area contributed by atoms with Gasteiger partial charge in [0.15, 0.2) is 0 Å². The Bertz CT molecular complexity index is 945. The Hall–Kier alpha value is -3.29. The number of aromatic nitrogens is 1. The Labute approximate surface area is 188 Å². The number of urea groups is 1. The zero-order valence-electron chi connectivity index (χ0n) is 18.5. The normalized spacial score (nSPS) is 18.3. The zero-order valence-corrected chi connectivity index (χ0v) is 18.5. The minimum absolute atomic E-state index is 0.0343. The van der Waals surface area contributed by atoms with Gasteiger partial charge in [0, 0.05) is 32.3 Å². The van der Waals surface area contributed by atoms with Crippen LogP contribution in [0.15, 0.2) is 42.6 Å². The highest BCUT2D eigenvalue weighted by molar-refractivity contribution is 5.96. The fourth-order valence-corrected chi connectivity index (χ4v) is 4.13. The number of para-hydroxylation sites is 2. The van der Waals surface area contributed by atoms with Crippen molar-refractivity contribution in [3.8, 4) is 11.6 Å². The summed E-state index contributed by atoms with van der Waals surface area (Å²) in [5.41, 5.74) is 1.13. The molecule has 2 aliphatic heterocycles. The van der Waals surface area contributed by atoms with E-state index < -0.39 is 0 Å². The highest BCUT2D eigenvalue weighted by atomic mass is 16.5. The van der Waals surface area contributed by atoms with Crippen LogP contribution in [0.4, 0.5) is 10.5 Å². The Morgan fingerprint density at radius 1 is 1.06 bits per heavy atom. The molecule has 2 aromatic rings. The van der Waals surface area contributed by atoms with Gasteiger partial charge in [-0.15, -0.1) is 0 Å². The number of nitrogens with zero attached hydrogens (tertiary/aromatic N) is 3. The smallest absolute Gasteiger partial charge is 0.322 e. The molecule has 170 valence electrons. The highest BCUT2D eigenvalue weighted by Gasteiger charge is 2.30. The third-order valence-corrected chi connectivity index (χ3v) is 5.78. The molecule has 4 rings (SSSR count). The van der Waals surface area contributed by atoms with Gasteiger partial charge < -0.3 is 24.6 Å². The van der Waals surface area contributed by atoms with E-state index in [0.717, 1.165) is 32.4 Å². The van der Waals surface area contributed by atoms with Crippen LogP contribution in [0.3, 0.4) is 0 Å². The molecule has 2 saturated heterocycles. The van der Waals surface area contributed by atoms with E-state index in [1.807, 2.05) is 36.1 Å². The first kappa shape index (κ1) is 21.9. The lowest BCUT2D eigenvalue weighted by Crippen LogP contribution is -2.36. The van der Waals surface area contributed by atoms with Crippen LogP contribution in [0.2, 0.25) is 0 Å². The summed E-state index contributed by atoms with van der Waals surface area (Å²) in [6, 6.07) is 10.7. The Kier molecular flexibility index (Phi) is 7.09. The quantitative estimate of drug-likeness (QED) is 0.742. The SMILES string of the molecule is CCOc1ccccc1NC(=O)N1CCC(Oc2ncccc2C(=O)N2CCCCC2)C1. The van der Waals surface area contributed by atoms with Crippen molar-refractivity contribution in [3.05, 3.63) is 48.2 Å². The van der Waals surface area contributed by atoms with E-state index in [9.17, 15) is 9.59 Å². The third kappa shape index (κ3) is 5.12. The van der Waals surface area contributed by atoms with Crippen LogP contribution in [-0.2, 0) is 0 Å². The van der Waals surface area contributed by atoms with Crippen molar-refractivity contribution in [2.75, 3.05) is 38.1 Å².